The van der Waals surface area contributed by atoms with E-state index in [0.717, 1.165) is 23.3 Å². The van der Waals surface area contributed by atoms with E-state index < -0.39 is 0 Å². The molecule has 2 N–H and O–H groups in total. The van der Waals surface area contributed by atoms with Crippen LogP contribution in [0.25, 0.3) is 11.1 Å². The zero-order valence-electron chi connectivity index (χ0n) is 11.0. The van der Waals surface area contributed by atoms with Crippen molar-refractivity contribution in [1.82, 2.24) is 4.98 Å². The molecule has 1 atom stereocenters. The number of nitrogen functional groups attached to an aromatic ring is 1. The molecule has 0 aliphatic carbocycles. The molecule has 1 aromatic heterocycles. The first-order valence-corrected chi connectivity index (χ1v) is 7.39. The van der Waals surface area contributed by atoms with Gasteiger partial charge in [-0.25, -0.2) is 0 Å². The quantitative estimate of drug-likeness (QED) is 0.842. The lowest BCUT2D eigenvalue weighted by molar-refractivity contribution is 0.544. The Kier molecular flexibility index (Phi) is 4.01. The molecule has 0 spiro atoms. The first-order valence-electron chi connectivity index (χ1n) is 5.99. The molecule has 0 amide bonds. The summed E-state index contributed by atoms with van der Waals surface area (Å²) in [6, 6.07) is 6.60. The summed E-state index contributed by atoms with van der Waals surface area (Å²) in [4.78, 5) is 6.56. The van der Waals surface area contributed by atoms with E-state index in [1.165, 1.54) is 0 Å². The van der Waals surface area contributed by atoms with Crippen LogP contribution in [0.1, 0.15) is 13.3 Å². The molecule has 0 saturated carbocycles. The van der Waals surface area contributed by atoms with Crippen molar-refractivity contribution in [2.45, 2.75) is 19.4 Å². The Morgan fingerprint density at radius 1 is 1.50 bits per heavy atom. The Bertz CT molecular complexity index is 526. The summed E-state index contributed by atoms with van der Waals surface area (Å²) in [7, 11) is 2.01. The van der Waals surface area contributed by atoms with Crippen LogP contribution >= 0.6 is 11.8 Å². The smallest absolute Gasteiger partial charge is 0.298 e. The van der Waals surface area contributed by atoms with Gasteiger partial charge in [0.25, 0.3) is 6.01 Å². The molecule has 0 fully saturated rings. The van der Waals surface area contributed by atoms with Gasteiger partial charge in [-0.2, -0.15) is 16.7 Å². The van der Waals surface area contributed by atoms with E-state index >= 15 is 0 Å². The summed E-state index contributed by atoms with van der Waals surface area (Å²) < 4.78 is 5.74. The van der Waals surface area contributed by atoms with Gasteiger partial charge in [-0.1, -0.05) is 0 Å². The first-order chi connectivity index (χ1) is 8.61. The summed E-state index contributed by atoms with van der Waals surface area (Å²) in [5, 5.41) is 0. The molecule has 98 valence electrons. The van der Waals surface area contributed by atoms with Crippen LogP contribution in [0, 0.1) is 0 Å². The summed E-state index contributed by atoms with van der Waals surface area (Å²) >= 11 is 1.86. The maximum Gasteiger partial charge on any atom is 0.298 e. The van der Waals surface area contributed by atoms with Crippen LogP contribution < -0.4 is 10.6 Å². The normalized spacial score (nSPS) is 12.8. The lowest BCUT2D eigenvalue weighted by Crippen LogP contribution is -2.29. The number of benzene rings is 1. The van der Waals surface area contributed by atoms with Crippen LogP contribution in [0.15, 0.2) is 22.6 Å². The number of nitrogens with zero attached hydrogens (tertiary/aromatic N) is 2. The molecule has 1 aromatic carbocycles. The first kappa shape index (κ1) is 13.1. The molecule has 2 aromatic rings. The van der Waals surface area contributed by atoms with Crippen molar-refractivity contribution in [2.75, 3.05) is 29.7 Å². The van der Waals surface area contributed by atoms with E-state index in [1.807, 2.05) is 37.0 Å². The van der Waals surface area contributed by atoms with E-state index in [0.29, 0.717) is 17.7 Å². The molecule has 5 heteroatoms. The second-order valence-corrected chi connectivity index (χ2v) is 5.45. The van der Waals surface area contributed by atoms with Gasteiger partial charge in [0.15, 0.2) is 5.58 Å². The van der Waals surface area contributed by atoms with Gasteiger partial charge in [-0.3, -0.25) is 0 Å². The lowest BCUT2D eigenvalue weighted by Gasteiger charge is -2.22. The Hall–Kier alpha value is -1.36. The molecular weight excluding hydrogens is 246 g/mol. The van der Waals surface area contributed by atoms with Gasteiger partial charge in [0.2, 0.25) is 0 Å². The van der Waals surface area contributed by atoms with Crippen LogP contribution in [0.4, 0.5) is 11.7 Å². The maximum atomic E-state index is 5.74. The third-order valence-electron chi connectivity index (χ3n) is 3.10. The van der Waals surface area contributed by atoms with Crippen LogP contribution in [-0.4, -0.2) is 30.1 Å². The maximum absolute atomic E-state index is 5.74. The topological polar surface area (TPSA) is 55.3 Å². The summed E-state index contributed by atoms with van der Waals surface area (Å²) in [5.74, 6) is 1.14. The SMILES string of the molecule is CSCCC(C)N(C)c1nc2ccc(N)cc2o1. The third kappa shape index (κ3) is 2.72. The number of hydrogen-bond donors (Lipinski definition) is 1. The molecule has 1 heterocycles. The molecule has 0 aliphatic rings. The van der Waals surface area contributed by atoms with Crippen molar-refractivity contribution >= 4 is 34.6 Å². The Balaban J connectivity index is 2.19. The van der Waals surface area contributed by atoms with Gasteiger partial charge in [0.1, 0.15) is 5.52 Å². The highest BCUT2D eigenvalue weighted by molar-refractivity contribution is 7.98. The monoisotopic (exact) mass is 265 g/mol. The van der Waals surface area contributed by atoms with Crippen LogP contribution in [-0.2, 0) is 0 Å². The van der Waals surface area contributed by atoms with Crippen LogP contribution in [0.3, 0.4) is 0 Å². The van der Waals surface area contributed by atoms with Gasteiger partial charge < -0.3 is 15.1 Å². The minimum absolute atomic E-state index is 0.405. The van der Waals surface area contributed by atoms with Crippen molar-refractivity contribution in [2.24, 2.45) is 0 Å². The minimum Gasteiger partial charge on any atom is -0.423 e. The van der Waals surface area contributed by atoms with Crippen molar-refractivity contribution in [1.29, 1.82) is 0 Å². The van der Waals surface area contributed by atoms with Gasteiger partial charge in [-0.15, -0.1) is 0 Å². The number of thioether (sulfide) groups is 1. The Morgan fingerprint density at radius 2 is 2.28 bits per heavy atom. The lowest BCUT2D eigenvalue weighted by atomic mass is 10.2. The molecule has 4 nitrogen and oxygen atoms in total. The van der Waals surface area contributed by atoms with Crippen LogP contribution in [0.5, 0.6) is 0 Å². The number of oxazole rings is 1. The van der Waals surface area contributed by atoms with Crippen molar-refractivity contribution < 1.29 is 4.42 Å². The number of nitrogens with two attached hydrogens (primary N) is 1. The standard InChI is InChI=1S/C13H19N3OS/c1-9(6-7-18-3)16(2)13-15-11-5-4-10(14)8-12(11)17-13/h4-5,8-9H,6-7,14H2,1-3H3. The third-order valence-corrected chi connectivity index (χ3v) is 3.75. The fourth-order valence-corrected chi connectivity index (χ4v) is 2.33. The molecule has 0 saturated heterocycles. The number of aromatic nitrogens is 1. The fourth-order valence-electron chi connectivity index (χ4n) is 1.75. The molecule has 0 aliphatic heterocycles. The molecule has 1 unspecified atom stereocenters. The largest absolute Gasteiger partial charge is 0.423 e. The van der Waals surface area contributed by atoms with Gasteiger partial charge in [0, 0.05) is 24.8 Å². The number of fused-ring (bicyclic) bond motifs is 1. The predicted octanol–water partition coefficient (Wildman–Crippen LogP) is 2.99. The predicted molar refractivity (Wildman–Crippen MR) is 79.3 cm³/mol. The Morgan fingerprint density at radius 3 is 3.00 bits per heavy atom. The molecule has 0 radical (unpaired) electrons. The second-order valence-electron chi connectivity index (χ2n) is 4.47. The van der Waals surface area contributed by atoms with Gasteiger partial charge >= 0.3 is 0 Å². The molecule has 18 heavy (non-hydrogen) atoms. The zero-order chi connectivity index (χ0) is 13.1. The summed E-state index contributed by atoms with van der Waals surface area (Å²) in [6.45, 7) is 2.18. The van der Waals surface area contributed by atoms with E-state index in [4.69, 9.17) is 10.2 Å². The number of rotatable bonds is 5. The molecule has 2 rings (SSSR count). The number of anilines is 2. The molecule has 0 bridgehead atoms. The highest BCUT2D eigenvalue weighted by Crippen LogP contribution is 2.24. The van der Waals surface area contributed by atoms with E-state index in [9.17, 15) is 0 Å². The highest BCUT2D eigenvalue weighted by Gasteiger charge is 2.15. The van der Waals surface area contributed by atoms with Crippen LogP contribution in [0.2, 0.25) is 0 Å². The highest BCUT2D eigenvalue weighted by atomic mass is 32.2. The minimum atomic E-state index is 0.405. The average molecular weight is 265 g/mol. The fraction of sp³-hybridized carbons (Fsp3) is 0.462. The van der Waals surface area contributed by atoms with Gasteiger partial charge in [0.05, 0.1) is 0 Å². The van der Waals surface area contributed by atoms with Crippen molar-refractivity contribution in [3.8, 4) is 0 Å². The Labute approximate surface area is 112 Å². The van der Waals surface area contributed by atoms with Crippen molar-refractivity contribution in [3.05, 3.63) is 18.2 Å². The number of hydrogen-bond acceptors (Lipinski definition) is 5. The summed E-state index contributed by atoms with van der Waals surface area (Å²) in [5.41, 5.74) is 8.02. The van der Waals surface area contributed by atoms with E-state index in [-0.39, 0.29) is 0 Å². The zero-order valence-corrected chi connectivity index (χ0v) is 11.8. The van der Waals surface area contributed by atoms with E-state index in [2.05, 4.69) is 23.1 Å². The second kappa shape index (κ2) is 5.52. The van der Waals surface area contributed by atoms with Crippen molar-refractivity contribution in [3.63, 3.8) is 0 Å². The molecular formula is C13H19N3OS. The summed E-state index contributed by atoms with van der Waals surface area (Å²) in [6.07, 6.45) is 3.23. The average Bonchev–Trinajstić information content (AvgIpc) is 2.77. The van der Waals surface area contributed by atoms with Gasteiger partial charge in [-0.05, 0) is 37.5 Å². The van der Waals surface area contributed by atoms with E-state index in [1.54, 1.807) is 0 Å².